The van der Waals surface area contributed by atoms with Crippen LogP contribution in [0.15, 0.2) is 54.6 Å². The van der Waals surface area contributed by atoms with E-state index in [2.05, 4.69) is 5.32 Å². The van der Waals surface area contributed by atoms with Crippen molar-refractivity contribution in [3.05, 3.63) is 65.7 Å². The van der Waals surface area contributed by atoms with Crippen LogP contribution in [-0.4, -0.2) is 66.1 Å². The van der Waals surface area contributed by atoms with Gasteiger partial charge >= 0.3 is 5.97 Å². The molecule has 2 N–H and O–H groups in total. The third kappa shape index (κ3) is 5.90. The molecule has 2 heterocycles. The van der Waals surface area contributed by atoms with Gasteiger partial charge in [0.25, 0.3) is 0 Å². The van der Waals surface area contributed by atoms with Crippen LogP contribution >= 0.6 is 0 Å². The zero-order chi connectivity index (χ0) is 25.8. The van der Waals surface area contributed by atoms with Gasteiger partial charge < -0.3 is 34.1 Å². The van der Waals surface area contributed by atoms with Gasteiger partial charge in [-0.1, -0.05) is 30.3 Å². The lowest BCUT2D eigenvalue weighted by molar-refractivity contribution is -0.340. The molecule has 2 aliphatic heterocycles. The van der Waals surface area contributed by atoms with Crippen LogP contribution in [0.4, 0.5) is 0 Å². The largest absolute Gasteiger partial charge is 0.479 e. The fourth-order valence-corrected chi connectivity index (χ4v) is 4.20. The van der Waals surface area contributed by atoms with E-state index in [1.165, 1.54) is 20.8 Å². The number of fused-ring (bicyclic) bond motifs is 1. The Labute approximate surface area is 208 Å². The molecular formula is C26H29NO9. The van der Waals surface area contributed by atoms with Crippen LogP contribution in [0.1, 0.15) is 43.0 Å². The van der Waals surface area contributed by atoms with Gasteiger partial charge in [0.2, 0.25) is 12.2 Å². The molecule has 0 spiro atoms. The normalized spacial score (nSPS) is 28.4. The maximum Gasteiger partial charge on any atom is 0.332 e. The minimum Gasteiger partial charge on any atom is -0.479 e. The molecule has 7 unspecified atom stereocenters. The van der Waals surface area contributed by atoms with E-state index in [0.717, 1.165) is 5.56 Å². The molecule has 2 saturated heterocycles. The van der Waals surface area contributed by atoms with Gasteiger partial charge in [-0.05, 0) is 38.1 Å². The fraction of sp³-hybridized carbons (Fsp3) is 0.423. The highest BCUT2D eigenvalue weighted by Gasteiger charge is 2.52. The molecule has 0 bridgehead atoms. The molecule has 0 radical (unpaired) electrons. The Kier molecular flexibility index (Phi) is 8.00. The number of aliphatic carboxylic acids is 1. The van der Waals surface area contributed by atoms with Crippen LogP contribution < -0.4 is 10.1 Å². The SMILES string of the molecule is CC(=O)NC1C(Oc2ccc(C(C)=O)cc2)OC2COC(c3ccccc3)OC2C1OC(C)C(=O)O. The number of ether oxygens (including phenoxy) is 5. The Morgan fingerprint density at radius 3 is 2.33 bits per heavy atom. The molecular weight excluding hydrogens is 470 g/mol. The second-order valence-corrected chi connectivity index (χ2v) is 8.73. The highest BCUT2D eigenvalue weighted by Crippen LogP contribution is 2.36. The smallest absolute Gasteiger partial charge is 0.332 e. The summed E-state index contributed by atoms with van der Waals surface area (Å²) >= 11 is 0. The van der Waals surface area contributed by atoms with Gasteiger partial charge in [0.15, 0.2) is 18.2 Å². The van der Waals surface area contributed by atoms with Crippen molar-refractivity contribution in [3.63, 3.8) is 0 Å². The number of amides is 1. The monoisotopic (exact) mass is 499 g/mol. The molecule has 0 aromatic heterocycles. The number of ketones is 1. The summed E-state index contributed by atoms with van der Waals surface area (Å²) < 4.78 is 30.3. The first kappa shape index (κ1) is 25.8. The molecule has 2 fully saturated rings. The van der Waals surface area contributed by atoms with Crippen LogP contribution in [0, 0.1) is 0 Å². The predicted octanol–water partition coefficient (Wildman–Crippen LogP) is 2.47. The van der Waals surface area contributed by atoms with Crippen LogP contribution in [0.5, 0.6) is 5.75 Å². The molecule has 2 aromatic carbocycles. The number of hydrogen-bond acceptors (Lipinski definition) is 8. The Hall–Kier alpha value is -3.31. The fourth-order valence-electron chi connectivity index (χ4n) is 4.20. The number of carbonyl (C=O) groups excluding carboxylic acids is 2. The number of carboxylic acid groups (broad SMARTS) is 1. The van der Waals surface area contributed by atoms with Crippen LogP contribution in [0.2, 0.25) is 0 Å². The van der Waals surface area contributed by atoms with Crippen LogP contribution in [0.3, 0.4) is 0 Å². The molecule has 10 nitrogen and oxygen atoms in total. The second kappa shape index (κ2) is 11.2. The summed E-state index contributed by atoms with van der Waals surface area (Å²) in [4.78, 5) is 35.4. The summed E-state index contributed by atoms with van der Waals surface area (Å²) in [6, 6.07) is 14.9. The first-order valence-corrected chi connectivity index (χ1v) is 11.6. The van der Waals surface area contributed by atoms with Gasteiger partial charge in [-0.15, -0.1) is 0 Å². The van der Waals surface area contributed by atoms with Crippen molar-refractivity contribution in [2.24, 2.45) is 0 Å². The standard InChI is InChI=1S/C26H29NO9/c1-14(28)17-9-11-19(12-10-17)34-26-21(27-16(3)29)23(33-15(2)24(30)31)22-20(35-26)13-32-25(36-22)18-7-5-4-6-8-18/h4-12,15,20-23,25-26H,13H2,1-3H3,(H,27,29)(H,30,31). The Balaban J connectivity index is 1.63. The maximum atomic E-state index is 12.1. The summed E-state index contributed by atoms with van der Waals surface area (Å²) in [5.74, 6) is -1.24. The highest BCUT2D eigenvalue weighted by molar-refractivity contribution is 5.94. The average molecular weight is 500 g/mol. The van der Waals surface area contributed by atoms with Gasteiger partial charge in [0.05, 0.1) is 6.61 Å². The molecule has 4 rings (SSSR count). The Morgan fingerprint density at radius 2 is 1.72 bits per heavy atom. The van der Waals surface area contributed by atoms with Crippen LogP contribution in [-0.2, 0) is 28.5 Å². The summed E-state index contributed by atoms with van der Waals surface area (Å²) in [6.45, 7) is 4.33. The van der Waals surface area contributed by atoms with Crippen molar-refractivity contribution in [2.75, 3.05) is 6.61 Å². The van der Waals surface area contributed by atoms with Crippen molar-refractivity contribution in [2.45, 2.75) is 63.8 Å². The quantitative estimate of drug-likeness (QED) is 0.526. The minimum absolute atomic E-state index is 0.0879. The van der Waals surface area contributed by atoms with Crippen LogP contribution in [0.25, 0.3) is 0 Å². The average Bonchev–Trinajstić information content (AvgIpc) is 2.86. The topological polar surface area (TPSA) is 130 Å². The van der Waals surface area contributed by atoms with Crippen molar-refractivity contribution in [1.29, 1.82) is 0 Å². The third-order valence-corrected chi connectivity index (χ3v) is 6.00. The van der Waals surface area contributed by atoms with Gasteiger partial charge in [-0.25, -0.2) is 4.79 Å². The van der Waals surface area contributed by atoms with E-state index in [0.29, 0.717) is 11.3 Å². The van der Waals surface area contributed by atoms with Crippen molar-refractivity contribution in [1.82, 2.24) is 5.32 Å². The zero-order valence-corrected chi connectivity index (χ0v) is 20.2. The van der Waals surface area contributed by atoms with E-state index in [-0.39, 0.29) is 18.3 Å². The number of rotatable bonds is 8. The molecule has 36 heavy (non-hydrogen) atoms. The number of nitrogens with one attached hydrogen (secondary N) is 1. The lowest BCUT2D eigenvalue weighted by Gasteiger charge is -2.49. The lowest BCUT2D eigenvalue weighted by Crippen LogP contribution is -2.68. The molecule has 7 atom stereocenters. The highest BCUT2D eigenvalue weighted by atomic mass is 16.8. The lowest BCUT2D eigenvalue weighted by atomic mass is 9.95. The minimum atomic E-state index is -1.19. The molecule has 0 aliphatic carbocycles. The summed E-state index contributed by atoms with van der Waals surface area (Å²) in [5, 5.41) is 12.3. The summed E-state index contributed by atoms with van der Waals surface area (Å²) in [7, 11) is 0. The van der Waals surface area contributed by atoms with Gasteiger partial charge in [-0.3, -0.25) is 9.59 Å². The van der Waals surface area contributed by atoms with Gasteiger partial charge in [-0.2, -0.15) is 0 Å². The van der Waals surface area contributed by atoms with Crippen molar-refractivity contribution < 1.29 is 43.2 Å². The molecule has 2 aromatic rings. The number of hydrogen-bond donors (Lipinski definition) is 2. The molecule has 0 saturated carbocycles. The van der Waals surface area contributed by atoms with Gasteiger partial charge in [0, 0.05) is 18.1 Å². The van der Waals surface area contributed by atoms with E-state index in [1.54, 1.807) is 24.3 Å². The molecule has 2 aliphatic rings. The number of carbonyl (C=O) groups is 3. The van der Waals surface area contributed by atoms with Gasteiger partial charge in [0.1, 0.15) is 30.1 Å². The first-order chi connectivity index (χ1) is 17.2. The first-order valence-electron chi connectivity index (χ1n) is 11.6. The third-order valence-electron chi connectivity index (χ3n) is 6.00. The van der Waals surface area contributed by atoms with E-state index >= 15 is 0 Å². The predicted molar refractivity (Wildman–Crippen MR) is 125 cm³/mol. The Bertz CT molecular complexity index is 1070. The number of Topliss-reactive ketones (excluding diaryl/α,β-unsaturated/α-hetero) is 1. The number of benzene rings is 2. The molecule has 192 valence electrons. The Morgan fingerprint density at radius 1 is 1.03 bits per heavy atom. The summed E-state index contributed by atoms with van der Waals surface area (Å²) in [5.41, 5.74) is 1.30. The maximum absolute atomic E-state index is 12.1. The van der Waals surface area contributed by atoms with E-state index in [1.807, 2.05) is 30.3 Å². The van der Waals surface area contributed by atoms with E-state index < -0.39 is 49.0 Å². The van der Waals surface area contributed by atoms with Crippen molar-refractivity contribution in [3.8, 4) is 5.75 Å². The summed E-state index contributed by atoms with van der Waals surface area (Å²) in [6.07, 6.45) is -5.33. The van der Waals surface area contributed by atoms with E-state index in [9.17, 15) is 19.5 Å². The molecule has 10 heteroatoms. The van der Waals surface area contributed by atoms with Crippen molar-refractivity contribution >= 4 is 17.7 Å². The number of carboxylic acids is 1. The zero-order valence-electron chi connectivity index (χ0n) is 20.2. The molecule has 1 amide bonds. The van der Waals surface area contributed by atoms with E-state index in [4.69, 9.17) is 23.7 Å². The second-order valence-electron chi connectivity index (χ2n) is 8.73.